The van der Waals surface area contributed by atoms with E-state index in [-0.39, 0.29) is 0 Å². The highest BCUT2D eigenvalue weighted by molar-refractivity contribution is 4.72. The summed E-state index contributed by atoms with van der Waals surface area (Å²) in [5.41, 5.74) is 0.291. The van der Waals surface area contributed by atoms with E-state index in [2.05, 4.69) is 33.0 Å². The monoisotopic (exact) mass is 225 g/mol. The summed E-state index contributed by atoms with van der Waals surface area (Å²) in [4.78, 5) is 0. The van der Waals surface area contributed by atoms with Gasteiger partial charge in [0.25, 0.3) is 0 Å². The molecule has 1 fully saturated rings. The molecule has 1 aliphatic carbocycles. The van der Waals surface area contributed by atoms with Crippen LogP contribution in [0.2, 0.25) is 0 Å². The zero-order valence-corrected chi connectivity index (χ0v) is 11.8. The fourth-order valence-corrected chi connectivity index (χ4v) is 2.84. The Balaban J connectivity index is 1.98. The second kappa shape index (κ2) is 6.64. The van der Waals surface area contributed by atoms with E-state index >= 15 is 0 Å². The molecule has 0 aromatic heterocycles. The molecule has 2 unspecified atom stereocenters. The highest BCUT2D eigenvalue weighted by atomic mass is 14.9. The van der Waals surface area contributed by atoms with Gasteiger partial charge in [-0.1, -0.05) is 39.0 Å². The summed E-state index contributed by atoms with van der Waals surface area (Å²) in [5.74, 6) is 2.03. The van der Waals surface area contributed by atoms with Gasteiger partial charge in [0.2, 0.25) is 0 Å². The van der Waals surface area contributed by atoms with Gasteiger partial charge in [0.05, 0.1) is 0 Å². The lowest BCUT2D eigenvalue weighted by Crippen LogP contribution is -2.36. The first-order valence-corrected chi connectivity index (χ1v) is 7.22. The molecule has 1 nitrogen and oxygen atoms in total. The maximum atomic E-state index is 3.57. The van der Waals surface area contributed by atoms with Gasteiger partial charge in [-0.05, 0) is 52.0 Å². The molecule has 0 spiro atoms. The third-order valence-electron chi connectivity index (χ3n) is 3.74. The van der Waals surface area contributed by atoms with Crippen molar-refractivity contribution in [3.05, 3.63) is 0 Å². The van der Waals surface area contributed by atoms with Crippen molar-refractivity contribution in [1.82, 2.24) is 5.32 Å². The molecule has 0 radical (unpaired) electrons. The Bertz CT molecular complexity index is 180. The average Bonchev–Trinajstić information content (AvgIpc) is 2.15. The summed E-state index contributed by atoms with van der Waals surface area (Å²) in [6.45, 7) is 10.3. The molecule has 0 saturated heterocycles. The molecular formula is C15H31N. The third kappa shape index (κ3) is 6.52. The Hall–Kier alpha value is -0.0400. The van der Waals surface area contributed by atoms with Gasteiger partial charge in [-0.25, -0.2) is 0 Å². The van der Waals surface area contributed by atoms with Crippen LogP contribution < -0.4 is 5.32 Å². The van der Waals surface area contributed by atoms with Gasteiger partial charge < -0.3 is 5.32 Å². The molecule has 2 atom stereocenters. The Kier molecular flexibility index (Phi) is 5.82. The van der Waals surface area contributed by atoms with Crippen LogP contribution in [0.1, 0.15) is 72.6 Å². The minimum atomic E-state index is 0.291. The van der Waals surface area contributed by atoms with E-state index in [4.69, 9.17) is 0 Å². The molecule has 1 rings (SSSR count). The van der Waals surface area contributed by atoms with Crippen LogP contribution in [0.3, 0.4) is 0 Å². The van der Waals surface area contributed by atoms with Gasteiger partial charge in [0.1, 0.15) is 0 Å². The van der Waals surface area contributed by atoms with E-state index in [0.29, 0.717) is 5.54 Å². The second-order valence-electron chi connectivity index (χ2n) is 6.81. The number of hydrogen-bond donors (Lipinski definition) is 1. The van der Waals surface area contributed by atoms with Crippen LogP contribution in [0.25, 0.3) is 0 Å². The largest absolute Gasteiger partial charge is 0.312 e. The topological polar surface area (TPSA) is 12.0 Å². The van der Waals surface area contributed by atoms with Gasteiger partial charge in [0, 0.05) is 5.54 Å². The predicted molar refractivity (Wildman–Crippen MR) is 72.7 cm³/mol. The van der Waals surface area contributed by atoms with Crippen LogP contribution in [-0.4, -0.2) is 12.1 Å². The summed E-state index contributed by atoms with van der Waals surface area (Å²) in [6.07, 6.45) is 10.2. The Morgan fingerprint density at radius 2 is 1.88 bits per heavy atom. The van der Waals surface area contributed by atoms with Gasteiger partial charge in [-0.3, -0.25) is 0 Å². The molecule has 1 heteroatoms. The summed E-state index contributed by atoms with van der Waals surface area (Å²) in [7, 11) is 0. The van der Waals surface area contributed by atoms with Gasteiger partial charge in [-0.2, -0.15) is 0 Å². The molecule has 16 heavy (non-hydrogen) atoms. The van der Waals surface area contributed by atoms with E-state index in [1.54, 1.807) is 0 Å². The van der Waals surface area contributed by atoms with Crippen molar-refractivity contribution < 1.29 is 0 Å². The molecule has 0 aliphatic heterocycles. The molecule has 1 saturated carbocycles. The lowest BCUT2D eigenvalue weighted by atomic mass is 9.80. The van der Waals surface area contributed by atoms with Crippen LogP contribution in [-0.2, 0) is 0 Å². The van der Waals surface area contributed by atoms with Crippen LogP contribution >= 0.6 is 0 Å². The van der Waals surface area contributed by atoms with E-state index in [9.17, 15) is 0 Å². The fraction of sp³-hybridized carbons (Fsp3) is 1.00. The number of unbranched alkanes of at least 4 members (excludes halogenated alkanes) is 1. The fourth-order valence-electron chi connectivity index (χ4n) is 2.84. The molecule has 0 heterocycles. The van der Waals surface area contributed by atoms with Crippen LogP contribution in [0, 0.1) is 11.8 Å². The maximum absolute atomic E-state index is 3.57. The molecular weight excluding hydrogens is 194 g/mol. The quantitative estimate of drug-likeness (QED) is 0.685. The standard InChI is InChI=1S/C15H31N/c1-13-8-7-10-14(12-13)9-5-6-11-16-15(2,3)4/h13-14,16H,5-12H2,1-4H3. The summed E-state index contributed by atoms with van der Waals surface area (Å²) >= 11 is 0. The van der Waals surface area contributed by atoms with Crippen molar-refractivity contribution in [2.45, 2.75) is 78.2 Å². The normalized spacial score (nSPS) is 27.0. The lowest BCUT2D eigenvalue weighted by Gasteiger charge is -2.27. The van der Waals surface area contributed by atoms with Crippen molar-refractivity contribution in [2.75, 3.05) is 6.54 Å². The number of rotatable bonds is 5. The van der Waals surface area contributed by atoms with Crippen molar-refractivity contribution in [1.29, 1.82) is 0 Å². The van der Waals surface area contributed by atoms with Gasteiger partial charge in [-0.15, -0.1) is 0 Å². The van der Waals surface area contributed by atoms with Crippen molar-refractivity contribution in [3.8, 4) is 0 Å². The number of hydrogen-bond acceptors (Lipinski definition) is 1. The second-order valence-corrected chi connectivity index (χ2v) is 6.81. The average molecular weight is 225 g/mol. The first-order chi connectivity index (χ1) is 7.47. The van der Waals surface area contributed by atoms with Crippen LogP contribution in [0.4, 0.5) is 0 Å². The molecule has 0 aromatic rings. The summed E-state index contributed by atoms with van der Waals surface area (Å²) < 4.78 is 0. The van der Waals surface area contributed by atoms with E-state index in [1.807, 2.05) is 0 Å². The lowest BCUT2D eigenvalue weighted by molar-refractivity contribution is 0.263. The first kappa shape index (κ1) is 14.0. The van der Waals surface area contributed by atoms with Crippen molar-refractivity contribution in [2.24, 2.45) is 11.8 Å². The minimum absolute atomic E-state index is 0.291. The zero-order valence-electron chi connectivity index (χ0n) is 11.8. The molecule has 0 amide bonds. The molecule has 1 aliphatic rings. The summed E-state index contributed by atoms with van der Waals surface area (Å²) in [6, 6.07) is 0. The first-order valence-electron chi connectivity index (χ1n) is 7.22. The Morgan fingerprint density at radius 1 is 1.12 bits per heavy atom. The highest BCUT2D eigenvalue weighted by Gasteiger charge is 2.18. The van der Waals surface area contributed by atoms with Crippen molar-refractivity contribution in [3.63, 3.8) is 0 Å². The Morgan fingerprint density at radius 3 is 2.50 bits per heavy atom. The minimum Gasteiger partial charge on any atom is -0.312 e. The van der Waals surface area contributed by atoms with E-state index in [1.165, 1.54) is 51.5 Å². The highest BCUT2D eigenvalue weighted by Crippen LogP contribution is 2.31. The molecule has 0 aromatic carbocycles. The Labute approximate surface area is 102 Å². The van der Waals surface area contributed by atoms with Gasteiger partial charge in [0.15, 0.2) is 0 Å². The summed E-state index contributed by atoms with van der Waals surface area (Å²) in [5, 5.41) is 3.57. The maximum Gasteiger partial charge on any atom is 0.00965 e. The molecule has 0 bridgehead atoms. The predicted octanol–water partition coefficient (Wildman–Crippen LogP) is 4.37. The van der Waals surface area contributed by atoms with E-state index < -0.39 is 0 Å². The van der Waals surface area contributed by atoms with Crippen LogP contribution in [0.15, 0.2) is 0 Å². The van der Waals surface area contributed by atoms with E-state index in [0.717, 1.165) is 11.8 Å². The van der Waals surface area contributed by atoms with Crippen molar-refractivity contribution >= 4 is 0 Å². The SMILES string of the molecule is CC1CCCC(CCCCNC(C)(C)C)C1. The molecule has 1 N–H and O–H groups in total. The molecule has 96 valence electrons. The zero-order chi connectivity index (χ0) is 12.0. The van der Waals surface area contributed by atoms with Gasteiger partial charge >= 0.3 is 0 Å². The number of nitrogens with one attached hydrogen (secondary N) is 1. The van der Waals surface area contributed by atoms with Crippen LogP contribution in [0.5, 0.6) is 0 Å². The smallest absolute Gasteiger partial charge is 0.00965 e. The third-order valence-corrected chi connectivity index (χ3v) is 3.74.